The Morgan fingerprint density at radius 2 is 1.69 bits per heavy atom. The predicted molar refractivity (Wildman–Crippen MR) is 113 cm³/mol. The Balaban J connectivity index is 1.50. The Hall–Kier alpha value is -3.73. The summed E-state index contributed by atoms with van der Waals surface area (Å²) in [5.74, 6) is 1.18. The van der Waals surface area contributed by atoms with E-state index in [9.17, 15) is 4.79 Å². The molecule has 29 heavy (non-hydrogen) atoms. The maximum absolute atomic E-state index is 12.7. The summed E-state index contributed by atoms with van der Waals surface area (Å²) in [4.78, 5) is 15.8. The van der Waals surface area contributed by atoms with Crippen molar-refractivity contribution in [2.45, 2.75) is 13.2 Å². The zero-order chi connectivity index (χ0) is 20.1. The molecule has 146 valence electrons. The van der Waals surface area contributed by atoms with Gasteiger partial charge in [-0.1, -0.05) is 54.6 Å². The molecule has 0 radical (unpaired) electrons. The fourth-order valence-corrected chi connectivity index (χ4v) is 3.24. The number of para-hydroxylation sites is 1. The lowest BCUT2D eigenvalue weighted by Crippen LogP contribution is -2.23. The lowest BCUT2D eigenvalue weighted by Gasteiger charge is -2.15. The fraction of sp³-hybridized carbons (Fsp3) is 0.125. The highest BCUT2D eigenvalue weighted by Crippen LogP contribution is 2.29. The van der Waals surface area contributed by atoms with Crippen LogP contribution in [-0.4, -0.2) is 18.0 Å². The quantitative estimate of drug-likeness (QED) is 0.484. The Kier molecular flexibility index (Phi) is 5.47. The molecule has 0 aliphatic rings. The molecule has 0 unspecified atom stereocenters. The number of hydrogen-bond acceptors (Lipinski definition) is 3. The van der Waals surface area contributed by atoms with Gasteiger partial charge in [0.05, 0.1) is 19.2 Å². The van der Waals surface area contributed by atoms with Gasteiger partial charge in [-0.2, -0.15) is 0 Å². The van der Waals surface area contributed by atoms with Crippen molar-refractivity contribution in [2.24, 2.45) is 0 Å². The van der Waals surface area contributed by atoms with Crippen LogP contribution in [0.4, 0.5) is 0 Å². The number of H-pyrrole nitrogens is 1. The lowest BCUT2D eigenvalue weighted by atomic mass is 10.1. The molecule has 5 heteroatoms. The van der Waals surface area contributed by atoms with Gasteiger partial charge >= 0.3 is 0 Å². The summed E-state index contributed by atoms with van der Waals surface area (Å²) in [6.07, 6.45) is 0. The third-order valence-electron chi connectivity index (χ3n) is 4.75. The molecule has 4 aromatic rings. The van der Waals surface area contributed by atoms with Crippen LogP contribution in [0.1, 0.15) is 21.6 Å². The van der Waals surface area contributed by atoms with Crippen LogP contribution in [0.15, 0.2) is 78.9 Å². The highest BCUT2D eigenvalue weighted by molar-refractivity contribution is 5.98. The number of amides is 1. The van der Waals surface area contributed by atoms with Gasteiger partial charge < -0.3 is 19.8 Å². The number of hydrogen-bond donors (Lipinski definition) is 2. The molecule has 0 fully saturated rings. The third kappa shape index (κ3) is 4.24. The largest absolute Gasteiger partial charge is 0.496 e. The molecule has 0 aliphatic carbocycles. The Bertz CT molecular complexity index is 1090. The topological polar surface area (TPSA) is 63.4 Å². The monoisotopic (exact) mass is 386 g/mol. The number of fused-ring (bicyclic) bond motifs is 1. The van der Waals surface area contributed by atoms with Crippen molar-refractivity contribution in [2.75, 3.05) is 7.11 Å². The minimum absolute atomic E-state index is 0.180. The number of aromatic nitrogens is 1. The van der Waals surface area contributed by atoms with Crippen LogP contribution in [-0.2, 0) is 13.2 Å². The van der Waals surface area contributed by atoms with E-state index in [0.29, 0.717) is 30.3 Å². The maximum Gasteiger partial charge on any atom is 0.268 e. The normalized spacial score (nSPS) is 10.7. The highest BCUT2D eigenvalue weighted by Gasteiger charge is 2.14. The van der Waals surface area contributed by atoms with Crippen LogP contribution in [0.3, 0.4) is 0 Å². The Labute approximate surface area is 169 Å². The van der Waals surface area contributed by atoms with Crippen molar-refractivity contribution in [1.29, 1.82) is 0 Å². The van der Waals surface area contributed by atoms with Crippen molar-refractivity contribution in [1.82, 2.24) is 10.3 Å². The second-order valence-corrected chi connectivity index (χ2v) is 6.66. The van der Waals surface area contributed by atoms with Gasteiger partial charge in [0, 0.05) is 10.9 Å². The average Bonchev–Trinajstić information content (AvgIpc) is 3.21. The second kappa shape index (κ2) is 8.52. The van der Waals surface area contributed by atoms with Gasteiger partial charge in [-0.05, 0) is 29.8 Å². The van der Waals surface area contributed by atoms with Crippen molar-refractivity contribution in [3.63, 3.8) is 0 Å². The van der Waals surface area contributed by atoms with E-state index in [1.807, 2.05) is 78.9 Å². The standard InChI is InChI=1S/C24H22N2O3/c1-28-22-12-7-13-23(29-16-17-8-3-2-4-9-17)19(22)15-25-24(27)21-14-18-10-5-6-11-20(18)26-21/h2-14,26H,15-16H2,1H3,(H,25,27). The number of methoxy groups -OCH3 is 1. The zero-order valence-corrected chi connectivity index (χ0v) is 16.1. The Morgan fingerprint density at radius 3 is 2.48 bits per heavy atom. The summed E-state index contributed by atoms with van der Waals surface area (Å²) in [5, 5.41) is 3.96. The van der Waals surface area contributed by atoms with Crippen molar-refractivity contribution in [3.05, 3.63) is 95.7 Å². The summed E-state index contributed by atoms with van der Waals surface area (Å²) >= 11 is 0. The molecule has 3 aromatic carbocycles. The van der Waals surface area contributed by atoms with Gasteiger partial charge in [0.15, 0.2) is 0 Å². The van der Waals surface area contributed by atoms with Gasteiger partial charge in [-0.15, -0.1) is 0 Å². The first kappa shape index (κ1) is 18.6. The lowest BCUT2D eigenvalue weighted by molar-refractivity contribution is 0.0946. The van der Waals surface area contributed by atoms with E-state index < -0.39 is 0 Å². The number of benzene rings is 3. The summed E-state index contributed by atoms with van der Waals surface area (Å²) in [6, 6.07) is 25.2. The molecule has 0 bridgehead atoms. The van der Waals surface area contributed by atoms with E-state index >= 15 is 0 Å². The number of ether oxygens (including phenoxy) is 2. The molecular formula is C24H22N2O3. The molecular weight excluding hydrogens is 364 g/mol. The minimum atomic E-state index is -0.180. The number of carbonyl (C=O) groups is 1. The van der Waals surface area contributed by atoms with Gasteiger partial charge in [-0.25, -0.2) is 0 Å². The smallest absolute Gasteiger partial charge is 0.268 e. The van der Waals surface area contributed by atoms with Gasteiger partial charge in [0.25, 0.3) is 5.91 Å². The maximum atomic E-state index is 12.7. The summed E-state index contributed by atoms with van der Waals surface area (Å²) < 4.78 is 11.5. The van der Waals surface area contributed by atoms with Gasteiger partial charge in [0.1, 0.15) is 23.8 Å². The SMILES string of the molecule is COc1cccc(OCc2ccccc2)c1CNC(=O)c1cc2ccccc2[nH]1. The van der Waals surface area contributed by atoms with Crippen molar-refractivity contribution in [3.8, 4) is 11.5 Å². The van der Waals surface area contributed by atoms with Crippen molar-refractivity contribution >= 4 is 16.8 Å². The zero-order valence-electron chi connectivity index (χ0n) is 16.1. The molecule has 2 N–H and O–H groups in total. The van der Waals surface area contributed by atoms with E-state index in [-0.39, 0.29) is 5.91 Å². The fourth-order valence-electron chi connectivity index (χ4n) is 3.24. The van der Waals surface area contributed by atoms with E-state index in [2.05, 4.69) is 10.3 Å². The molecule has 1 heterocycles. The average molecular weight is 386 g/mol. The van der Waals surface area contributed by atoms with Crippen LogP contribution in [0, 0.1) is 0 Å². The number of carbonyl (C=O) groups excluding carboxylic acids is 1. The van der Waals surface area contributed by atoms with E-state index in [1.54, 1.807) is 7.11 Å². The molecule has 4 rings (SSSR count). The summed E-state index contributed by atoms with van der Waals surface area (Å²) in [6.45, 7) is 0.735. The first-order valence-corrected chi connectivity index (χ1v) is 9.43. The van der Waals surface area contributed by atoms with Crippen LogP contribution in [0.5, 0.6) is 11.5 Å². The van der Waals surface area contributed by atoms with E-state index in [1.165, 1.54) is 0 Å². The summed E-state index contributed by atoms with van der Waals surface area (Å²) in [7, 11) is 1.61. The molecule has 1 aromatic heterocycles. The Morgan fingerprint density at radius 1 is 0.931 bits per heavy atom. The molecule has 1 amide bonds. The van der Waals surface area contributed by atoms with Crippen LogP contribution >= 0.6 is 0 Å². The molecule has 0 spiro atoms. The van der Waals surface area contributed by atoms with E-state index in [4.69, 9.17) is 9.47 Å². The number of rotatable bonds is 7. The van der Waals surface area contributed by atoms with Gasteiger partial charge in [0.2, 0.25) is 0 Å². The third-order valence-corrected chi connectivity index (χ3v) is 4.75. The van der Waals surface area contributed by atoms with Crippen LogP contribution < -0.4 is 14.8 Å². The van der Waals surface area contributed by atoms with Crippen LogP contribution in [0.2, 0.25) is 0 Å². The summed E-state index contributed by atoms with van der Waals surface area (Å²) in [5.41, 5.74) is 3.33. The molecule has 0 saturated carbocycles. The molecule has 0 saturated heterocycles. The predicted octanol–water partition coefficient (Wildman–Crippen LogP) is 4.69. The second-order valence-electron chi connectivity index (χ2n) is 6.66. The van der Waals surface area contributed by atoms with E-state index in [0.717, 1.165) is 22.0 Å². The van der Waals surface area contributed by atoms with Crippen LogP contribution in [0.25, 0.3) is 10.9 Å². The molecule has 5 nitrogen and oxygen atoms in total. The minimum Gasteiger partial charge on any atom is -0.496 e. The number of aromatic amines is 1. The van der Waals surface area contributed by atoms with Crippen molar-refractivity contribution < 1.29 is 14.3 Å². The first-order chi connectivity index (χ1) is 14.2. The highest BCUT2D eigenvalue weighted by atomic mass is 16.5. The van der Waals surface area contributed by atoms with Gasteiger partial charge in [-0.3, -0.25) is 4.79 Å². The first-order valence-electron chi connectivity index (χ1n) is 9.43. The molecule has 0 aliphatic heterocycles. The number of nitrogens with one attached hydrogen (secondary N) is 2. The molecule has 0 atom stereocenters.